The lowest BCUT2D eigenvalue weighted by Gasteiger charge is -1.23. The fraction of sp³-hybridized carbons (Fsp3) is 0.111. The Morgan fingerprint density at radius 1 is 0.778 bits per heavy atom. The van der Waals surface area contributed by atoms with Gasteiger partial charge in [-0.15, -0.1) is 50.9 Å². The van der Waals surface area contributed by atoms with E-state index in [2.05, 4.69) is 50.9 Å². The molecule has 0 rings (SSSR count). The Bertz CT molecular complexity index is 79.2. The van der Waals surface area contributed by atoms with Crippen molar-refractivity contribution in [1.82, 2.24) is 0 Å². The zero-order valence-electron chi connectivity index (χ0n) is 5.54. The van der Waals surface area contributed by atoms with Gasteiger partial charge >= 0.3 is 0 Å². The van der Waals surface area contributed by atoms with E-state index in [9.17, 15) is 0 Å². The van der Waals surface area contributed by atoms with E-state index < -0.39 is 0 Å². The largest absolute Gasteiger partial charge is 0.124 e. The van der Waals surface area contributed by atoms with Crippen molar-refractivity contribution in [3.63, 3.8) is 0 Å². The van der Waals surface area contributed by atoms with Crippen LogP contribution in [0, 0.1) is 50.9 Å². The second kappa shape index (κ2) is 297. The van der Waals surface area contributed by atoms with Gasteiger partial charge in [-0.1, -0.05) is 0 Å². The van der Waals surface area contributed by atoms with Gasteiger partial charge < -0.3 is 0 Å². The first-order valence-electron chi connectivity index (χ1n) is 1.79. The molecule has 0 saturated heterocycles. The van der Waals surface area contributed by atoms with Crippen molar-refractivity contribution in [3.05, 3.63) is 0 Å². The molecule has 0 radical (unpaired) electrons. The molecule has 0 bridgehead atoms. The Kier molecular flexibility index (Phi) is 885. The smallest absolute Gasteiger partial charge is 0.00297 e. The highest BCUT2D eigenvalue weighted by molar-refractivity contribution is 4.73. The van der Waals surface area contributed by atoms with Crippen LogP contribution in [0.25, 0.3) is 0 Å². The third-order valence-electron chi connectivity index (χ3n) is 0. The Balaban J connectivity index is -0.0000000190. The van der Waals surface area contributed by atoms with Crippen molar-refractivity contribution in [2.24, 2.45) is 0 Å². The molecule has 0 aromatic rings. The van der Waals surface area contributed by atoms with Gasteiger partial charge in [0.25, 0.3) is 0 Å². The Morgan fingerprint density at radius 3 is 0.778 bits per heavy atom. The zero-order valence-corrected chi connectivity index (χ0v) is 5.54. The molecular formula is C9H10. The fourth-order valence-corrected chi connectivity index (χ4v) is 0. The van der Waals surface area contributed by atoms with Crippen molar-refractivity contribution >= 4 is 0 Å². The van der Waals surface area contributed by atoms with E-state index in [1.54, 1.807) is 6.92 Å². The number of rotatable bonds is 0. The molecule has 9 heavy (non-hydrogen) atoms. The lowest BCUT2D eigenvalue weighted by molar-refractivity contribution is 1.94. The second-order valence-corrected chi connectivity index (χ2v) is 0.289. The molecule has 0 saturated carbocycles. The van der Waals surface area contributed by atoms with E-state index in [0.29, 0.717) is 0 Å². The maximum atomic E-state index is 4.60. The minimum absolute atomic E-state index is 1.65. The highest BCUT2D eigenvalue weighted by Gasteiger charge is 1.09. The lowest BCUT2D eigenvalue weighted by atomic mass is 10.9. The summed E-state index contributed by atoms with van der Waals surface area (Å²) in [4.78, 5) is 0. The Labute approximate surface area is 58.7 Å². The van der Waals surface area contributed by atoms with E-state index in [1.807, 2.05) is 0 Å². The van der Waals surface area contributed by atoms with Gasteiger partial charge in [-0.3, -0.25) is 0 Å². The minimum atomic E-state index is 1.65. The summed E-state index contributed by atoms with van der Waals surface area (Å²) in [6.07, 6.45) is 28.6. The lowest BCUT2D eigenvalue weighted by Crippen LogP contribution is -1.10. The Morgan fingerprint density at radius 2 is 0.778 bits per heavy atom. The van der Waals surface area contributed by atoms with Crippen LogP contribution in [0.4, 0.5) is 0 Å². The van der Waals surface area contributed by atoms with Gasteiger partial charge in [0.15, 0.2) is 0 Å². The first-order chi connectivity index (χ1) is 4.41. The second-order valence-electron chi connectivity index (χ2n) is 0.289. The number of terminal acetylenes is 4. The molecule has 0 aliphatic rings. The van der Waals surface area contributed by atoms with Gasteiger partial charge in [0.1, 0.15) is 0 Å². The average Bonchev–Trinajstić information content (AvgIpc) is 2.01. The fourth-order valence-electron chi connectivity index (χ4n) is 0. The molecule has 0 heterocycles. The van der Waals surface area contributed by atoms with Crippen LogP contribution >= 0.6 is 0 Å². The molecule has 0 atom stereocenters. The van der Waals surface area contributed by atoms with E-state index in [1.165, 1.54) is 0 Å². The predicted octanol–water partition coefficient (Wildman–Crippen LogP) is 1.39. The summed E-state index contributed by atoms with van der Waals surface area (Å²) in [5.41, 5.74) is 0. The highest BCUT2D eigenvalue weighted by Crippen LogP contribution is 1.21. The van der Waals surface area contributed by atoms with Crippen LogP contribution in [0.3, 0.4) is 0 Å². The van der Waals surface area contributed by atoms with E-state index in [0.717, 1.165) is 0 Å². The van der Waals surface area contributed by atoms with Gasteiger partial charge in [-0.05, 0) is 6.92 Å². The summed E-state index contributed by atoms with van der Waals surface area (Å²) in [5, 5.41) is 0. The van der Waals surface area contributed by atoms with E-state index >= 15 is 0 Å². The van der Waals surface area contributed by atoms with E-state index in [4.69, 9.17) is 0 Å². The van der Waals surface area contributed by atoms with Crippen molar-refractivity contribution in [2.75, 3.05) is 0 Å². The molecule has 0 aromatic heterocycles. The van der Waals surface area contributed by atoms with Crippen molar-refractivity contribution in [2.45, 2.75) is 6.92 Å². The van der Waals surface area contributed by atoms with Crippen molar-refractivity contribution in [1.29, 1.82) is 0 Å². The van der Waals surface area contributed by atoms with Crippen LogP contribution in [0.1, 0.15) is 6.92 Å². The van der Waals surface area contributed by atoms with Crippen LogP contribution in [0.15, 0.2) is 0 Å². The number of hydrogen-bond acceptors (Lipinski definition) is 0. The van der Waals surface area contributed by atoms with Crippen LogP contribution in [-0.4, -0.2) is 0 Å². The summed E-state index contributed by atoms with van der Waals surface area (Å²) in [7, 11) is 0. The normalized spacial score (nSPS) is 1.56. The molecule has 0 fully saturated rings. The molecule has 0 spiro atoms. The molecule has 0 aliphatic heterocycles. The molecular weight excluding hydrogens is 108 g/mol. The minimum Gasteiger partial charge on any atom is -0.124 e. The average molecular weight is 118 g/mol. The molecule has 0 unspecified atom stereocenters. The third kappa shape index (κ3) is 36.2. The molecule has 0 aliphatic carbocycles. The third-order valence-corrected chi connectivity index (χ3v) is 0. The Hall–Kier alpha value is -1.76. The SMILES string of the molecule is C#C.C#C.C#C.C#CC. The highest BCUT2D eigenvalue weighted by atomic mass is 13.2. The summed E-state index contributed by atoms with van der Waals surface area (Å²) in [5.74, 6) is 2.25. The van der Waals surface area contributed by atoms with Crippen molar-refractivity contribution in [3.8, 4) is 50.9 Å². The van der Waals surface area contributed by atoms with Crippen LogP contribution in [-0.2, 0) is 0 Å². The molecule has 0 heteroatoms. The van der Waals surface area contributed by atoms with Gasteiger partial charge in [0.05, 0.1) is 0 Å². The summed E-state index contributed by atoms with van der Waals surface area (Å²) >= 11 is 0. The maximum absolute atomic E-state index is 4.60. The first-order valence-corrected chi connectivity index (χ1v) is 1.79. The molecule has 0 amide bonds. The first kappa shape index (κ1) is 26.9. The van der Waals surface area contributed by atoms with Gasteiger partial charge in [0, 0.05) is 0 Å². The quantitative estimate of drug-likeness (QED) is 0.422. The van der Waals surface area contributed by atoms with Gasteiger partial charge in [-0.2, -0.15) is 0 Å². The number of hydrogen-bond donors (Lipinski definition) is 0. The van der Waals surface area contributed by atoms with Crippen molar-refractivity contribution < 1.29 is 0 Å². The molecule has 0 N–H and O–H groups in total. The monoisotopic (exact) mass is 118 g/mol. The standard InChI is InChI=1S/C3H4.3C2H2/c1-3-2;3*1-2/h1H,2H3;3*1-2H. The topological polar surface area (TPSA) is 0 Å². The van der Waals surface area contributed by atoms with E-state index in [-0.39, 0.29) is 0 Å². The van der Waals surface area contributed by atoms with Crippen LogP contribution in [0.2, 0.25) is 0 Å². The zero-order chi connectivity index (χ0) is 8.71. The van der Waals surface area contributed by atoms with Crippen LogP contribution in [0.5, 0.6) is 0 Å². The van der Waals surface area contributed by atoms with Gasteiger partial charge in [0.2, 0.25) is 0 Å². The molecule has 0 nitrogen and oxygen atoms in total. The molecule has 46 valence electrons. The maximum Gasteiger partial charge on any atom is -0.00297 e. The van der Waals surface area contributed by atoms with Crippen LogP contribution < -0.4 is 0 Å². The molecule has 0 aromatic carbocycles. The summed E-state index contributed by atoms with van der Waals surface area (Å²) in [6, 6.07) is 0. The predicted molar refractivity (Wildman–Crippen MR) is 44.2 cm³/mol. The van der Waals surface area contributed by atoms with Gasteiger partial charge in [-0.25, -0.2) is 0 Å². The summed E-state index contributed by atoms with van der Waals surface area (Å²) < 4.78 is 0. The summed E-state index contributed by atoms with van der Waals surface area (Å²) in [6.45, 7) is 1.65.